The number of anilines is 2. The van der Waals surface area contributed by atoms with Crippen molar-refractivity contribution >= 4 is 56.3 Å². The Morgan fingerprint density at radius 2 is 1.74 bits per heavy atom. The molecule has 1 fully saturated rings. The summed E-state index contributed by atoms with van der Waals surface area (Å²) >= 11 is 5.84. The largest absolute Gasteiger partial charge is 0.481 e. The summed E-state index contributed by atoms with van der Waals surface area (Å²) in [5, 5.41) is 3.93. The summed E-state index contributed by atoms with van der Waals surface area (Å²) in [4.78, 5) is 52.1. The molecule has 0 radical (unpaired) electrons. The highest BCUT2D eigenvalue weighted by atomic mass is 35.5. The maximum Gasteiger partial charge on any atom is 0.265 e. The van der Waals surface area contributed by atoms with Gasteiger partial charge in [0.2, 0.25) is 0 Å². The van der Waals surface area contributed by atoms with Crippen molar-refractivity contribution in [3.63, 3.8) is 0 Å². The van der Waals surface area contributed by atoms with Crippen molar-refractivity contribution in [2.75, 3.05) is 29.2 Å². The number of fused-ring (bicyclic) bond motifs is 1. The summed E-state index contributed by atoms with van der Waals surface area (Å²) in [5.41, 5.74) is 1.41. The van der Waals surface area contributed by atoms with E-state index in [0.29, 0.717) is 35.3 Å². The minimum absolute atomic E-state index is 0.0170. The first kappa shape index (κ1) is 32.2. The number of sulfone groups is 1. The zero-order chi connectivity index (χ0) is 33.6. The van der Waals surface area contributed by atoms with Crippen LogP contribution in [0.3, 0.4) is 0 Å². The number of hydrogen-bond acceptors (Lipinski definition) is 9. The van der Waals surface area contributed by atoms with Crippen molar-refractivity contribution in [2.24, 2.45) is 0 Å². The fraction of sp³-hybridized carbons (Fsp3) is 0.303. The molecule has 4 aliphatic rings. The van der Waals surface area contributed by atoms with E-state index in [9.17, 15) is 32.0 Å². The van der Waals surface area contributed by atoms with Gasteiger partial charge in [-0.3, -0.25) is 24.1 Å². The smallest absolute Gasteiger partial charge is 0.265 e. The van der Waals surface area contributed by atoms with E-state index >= 15 is 0 Å². The van der Waals surface area contributed by atoms with Crippen LogP contribution in [0.25, 0.3) is 0 Å². The van der Waals surface area contributed by atoms with Gasteiger partial charge in [0, 0.05) is 40.0 Å². The Morgan fingerprint density at radius 3 is 2.36 bits per heavy atom. The molecule has 0 N–H and O–H groups in total. The van der Waals surface area contributed by atoms with Gasteiger partial charge in [-0.25, -0.2) is 17.7 Å². The first-order valence-electron chi connectivity index (χ1n) is 14.7. The molecule has 7 rings (SSSR count). The quantitative estimate of drug-likeness (QED) is 0.204. The predicted octanol–water partition coefficient (Wildman–Crippen LogP) is 4.77. The van der Waals surface area contributed by atoms with E-state index in [1.165, 1.54) is 35.4 Å². The zero-order valence-corrected chi connectivity index (χ0v) is 26.6. The predicted molar refractivity (Wildman–Crippen MR) is 168 cm³/mol. The lowest BCUT2D eigenvalue weighted by molar-refractivity contribution is -0.121. The lowest BCUT2D eigenvalue weighted by atomic mass is 9.93. The second-order valence-corrected chi connectivity index (χ2v) is 13.9. The fourth-order valence-electron chi connectivity index (χ4n) is 5.80. The van der Waals surface area contributed by atoms with Crippen LogP contribution in [0.2, 0.25) is 5.02 Å². The number of amides is 3. The molecule has 14 heteroatoms. The molecule has 3 amide bonds. The standard InChI is InChI=1S/C19H15FN2O4.C14H12ClNO4S/c1-2-7-21-15-9-14(13(20)8-16(15)26-10-17(21)23)22-18(24)11-5-3-4-6-12(11)19(22)25;1-21(18,19)12-6-9(15)4-5-10(12)13(17)11-7-16-20-14(11)8-2-3-8/h1,8-9H,3-7,10H2;4-8H,2-3H2,1H3. The Balaban J connectivity index is 0.000000168. The van der Waals surface area contributed by atoms with Crippen molar-refractivity contribution in [1.29, 1.82) is 0 Å². The highest BCUT2D eigenvalue weighted by Crippen LogP contribution is 2.43. The number of hydrogen-bond donors (Lipinski definition) is 0. The van der Waals surface area contributed by atoms with E-state index < -0.39 is 33.3 Å². The lowest BCUT2D eigenvalue weighted by Crippen LogP contribution is -2.39. The summed E-state index contributed by atoms with van der Waals surface area (Å²) < 4.78 is 48.8. The summed E-state index contributed by atoms with van der Waals surface area (Å²) in [5.74, 6) is 0.744. The number of carbonyl (C=O) groups is 4. The number of nitrogens with zero attached hydrogens (tertiary/aromatic N) is 3. The van der Waals surface area contributed by atoms with Gasteiger partial charge in [0.05, 0.1) is 34.6 Å². The van der Waals surface area contributed by atoms with Gasteiger partial charge in [-0.15, -0.1) is 6.42 Å². The Hall–Kier alpha value is -4.80. The first-order chi connectivity index (χ1) is 22.4. The van der Waals surface area contributed by atoms with Crippen LogP contribution < -0.4 is 14.5 Å². The molecule has 0 atom stereocenters. The molecule has 242 valence electrons. The summed E-state index contributed by atoms with van der Waals surface area (Å²) in [6, 6.07) is 6.57. The van der Waals surface area contributed by atoms with E-state index in [2.05, 4.69) is 11.1 Å². The number of rotatable bonds is 6. The molecule has 2 aromatic carbocycles. The molecule has 1 saturated carbocycles. The molecule has 11 nitrogen and oxygen atoms in total. The molecular formula is C33H27ClFN3O8S. The second kappa shape index (κ2) is 12.4. The van der Waals surface area contributed by atoms with E-state index in [4.69, 9.17) is 27.3 Å². The van der Waals surface area contributed by atoms with Crippen LogP contribution >= 0.6 is 11.6 Å². The molecule has 47 heavy (non-hydrogen) atoms. The van der Waals surface area contributed by atoms with Gasteiger partial charge in [0.25, 0.3) is 17.7 Å². The van der Waals surface area contributed by atoms with Crippen molar-refractivity contribution < 1.29 is 41.2 Å². The fourth-order valence-corrected chi connectivity index (χ4v) is 6.94. The first-order valence-corrected chi connectivity index (χ1v) is 17.0. The molecule has 0 bridgehead atoms. The highest BCUT2D eigenvalue weighted by Gasteiger charge is 2.42. The van der Waals surface area contributed by atoms with Gasteiger partial charge in [-0.05, 0) is 62.8 Å². The minimum Gasteiger partial charge on any atom is -0.481 e. The third-order valence-corrected chi connectivity index (χ3v) is 9.60. The molecule has 2 aliphatic carbocycles. The second-order valence-electron chi connectivity index (χ2n) is 11.5. The van der Waals surface area contributed by atoms with Gasteiger partial charge < -0.3 is 9.26 Å². The van der Waals surface area contributed by atoms with Crippen LogP contribution in [0.4, 0.5) is 15.8 Å². The average molecular weight is 680 g/mol. The van der Waals surface area contributed by atoms with E-state index in [0.717, 1.165) is 42.9 Å². The van der Waals surface area contributed by atoms with Gasteiger partial charge in [0.15, 0.2) is 33.8 Å². The van der Waals surface area contributed by atoms with Crippen LogP contribution in [0.15, 0.2) is 57.1 Å². The van der Waals surface area contributed by atoms with Crippen molar-refractivity contribution in [3.05, 3.63) is 75.4 Å². The minimum atomic E-state index is -3.57. The van der Waals surface area contributed by atoms with Crippen LogP contribution in [-0.4, -0.2) is 56.5 Å². The Bertz CT molecular complexity index is 2020. The van der Waals surface area contributed by atoms with Crippen LogP contribution in [0.1, 0.15) is 66.1 Å². The van der Waals surface area contributed by atoms with Gasteiger partial charge in [-0.1, -0.05) is 22.7 Å². The van der Waals surface area contributed by atoms with Crippen LogP contribution in [0, 0.1) is 18.2 Å². The van der Waals surface area contributed by atoms with Gasteiger partial charge in [-0.2, -0.15) is 0 Å². The topological polar surface area (TPSA) is 144 Å². The number of aromatic nitrogens is 1. The molecule has 0 unspecified atom stereocenters. The molecule has 1 aromatic heterocycles. The van der Waals surface area contributed by atoms with Crippen molar-refractivity contribution in [2.45, 2.75) is 49.3 Å². The third kappa shape index (κ3) is 6.06. The average Bonchev–Trinajstić information content (AvgIpc) is 3.71. The molecule has 3 aromatic rings. The number of terminal acetylenes is 1. The van der Waals surface area contributed by atoms with Crippen LogP contribution in [-0.2, 0) is 24.2 Å². The number of halogens is 2. The Morgan fingerprint density at radius 1 is 1.06 bits per heavy atom. The molecule has 0 saturated heterocycles. The number of carbonyl (C=O) groups excluding carboxylic acids is 4. The van der Waals surface area contributed by atoms with E-state index in [-0.39, 0.29) is 57.6 Å². The number of imide groups is 1. The summed E-state index contributed by atoms with van der Waals surface area (Å²) in [7, 11) is -3.57. The Labute approximate surface area is 274 Å². The molecule has 0 spiro atoms. The summed E-state index contributed by atoms with van der Waals surface area (Å²) in [6.45, 7) is -0.262. The highest BCUT2D eigenvalue weighted by molar-refractivity contribution is 7.90. The summed E-state index contributed by atoms with van der Waals surface area (Å²) in [6.07, 6.45) is 12.3. The molecule has 3 heterocycles. The Kier molecular flexibility index (Phi) is 8.50. The van der Waals surface area contributed by atoms with Crippen molar-refractivity contribution in [3.8, 4) is 18.1 Å². The van der Waals surface area contributed by atoms with Gasteiger partial charge in [0.1, 0.15) is 5.75 Å². The van der Waals surface area contributed by atoms with E-state index in [1.54, 1.807) is 0 Å². The maximum absolute atomic E-state index is 14.7. The monoisotopic (exact) mass is 679 g/mol. The number of ketones is 1. The molecule has 2 aliphatic heterocycles. The number of ether oxygens (including phenoxy) is 1. The maximum atomic E-state index is 14.7. The molecular weight excluding hydrogens is 653 g/mol. The SMILES string of the molecule is C#CCN1C(=O)COc2cc(F)c(N3C(=O)C4=C(CCCC4)C3=O)cc21.CS(=O)(=O)c1cc(Cl)ccc1C(=O)c1cnoc1C1CC1. The van der Waals surface area contributed by atoms with Crippen molar-refractivity contribution in [1.82, 2.24) is 5.16 Å². The van der Waals surface area contributed by atoms with Crippen LogP contribution in [0.5, 0.6) is 5.75 Å². The zero-order valence-electron chi connectivity index (χ0n) is 25.0. The lowest BCUT2D eigenvalue weighted by Gasteiger charge is -2.29. The van der Waals surface area contributed by atoms with E-state index in [1.807, 2.05) is 0 Å². The number of benzene rings is 2. The third-order valence-electron chi connectivity index (χ3n) is 8.23. The van der Waals surface area contributed by atoms with Gasteiger partial charge >= 0.3 is 0 Å². The normalized spacial score (nSPS) is 17.4.